The number of thioether (sulfide) groups is 1. The van der Waals surface area contributed by atoms with E-state index in [4.69, 9.17) is 10.5 Å². The van der Waals surface area contributed by atoms with Crippen LogP contribution in [-0.4, -0.2) is 48.6 Å². The standard InChI is InChI=1S/C22H23FN6O4S/c23-13-5-3-12(4-6-13)19-26-27-22(28(19)10-15-2-1-9-33-15)34-11-16(30)17-18(24)29(14-7-8-14)21(32)25-20(17)31/h3-6,14-15H,1-2,7-11,24H2,(H,25,31,32)/t15-/m0/s1. The van der Waals surface area contributed by atoms with Crippen molar-refractivity contribution in [2.75, 3.05) is 18.1 Å². The van der Waals surface area contributed by atoms with Gasteiger partial charge in [-0.2, -0.15) is 0 Å². The number of ketones is 1. The average Bonchev–Trinajstić information content (AvgIpc) is 3.34. The van der Waals surface area contributed by atoms with Crippen LogP contribution >= 0.6 is 11.8 Å². The SMILES string of the molecule is Nc1c(C(=O)CSc2nnc(-c3ccc(F)cc3)n2C[C@@H]2CCCO2)c(=O)[nH]c(=O)n1C1CC1. The molecule has 2 aromatic heterocycles. The fourth-order valence-corrected chi connectivity index (χ4v) is 4.92. The van der Waals surface area contributed by atoms with E-state index in [2.05, 4.69) is 15.2 Å². The van der Waals surface area contributed by atoms with Gasteiger partial charge in [0.25, 0.3) is 5.56 Å². The summed E-state index contributed by atoms with van der Waals surface area (Å²) >= 11 is 1.12. The molecule has 1 saturated heterocycles. The Labute approximate surface area is 197 Å². The number of H-pyrrole nitrogens is 1. The van der Waals surface area contributed by atoms with Crippen molar-refractivity contribution >= 4 is 23.4 Å². The Balaban J connectivity index is 1.42. The first-order chi connectivity index (χ1) is 16.4. The van der Waals surface area contributed by atoms with E-state index in [-0.39, 0.29) is 35.1 Å². The molecule has 12 heteroatoms. The van der Waals surface area contributed by atoms with Crippen molar-refractivity contribution in [3.05, 3.63) is 56.5 Å². The number of nitrogens with two attached hydrogens (primary N) is 1. The number of aromatic amines is 1. The van der Waals surface area contributed by atoms with E-state index in [1.54, 1.807) is 12.1 Å². The summed E-state index contributed by atoms with van der Waals surface area (Å²) in [5, 5.41) is 8.97. The molecule has 10 nitrogen and oxygen atoms in total. The maximum Gasteiger partial charge on any atom is 0.330 e. The van der Waals surface area contributed by atoms with Crippen molar-refractivity contribution in [1.29, 1.82) is 0 Å². The normalized spacial score (nSPS) is 17.9. The van der Waals surface area contributed by atoms with Gasteiger partial charge in [0.05, 0.1) is 18.4 Å². The Bertz CT molecular complexity index is 1340. The number of ether oxygens (including phenoxy) is 1. The molecule has 5 rings (SSSR count). The summed E-state index contributed by atoms with van der Waals surface area (Å²) < 4.78 is 22.3. The van der Waals surface area contributed by atoms with Crippen molar-refractivity contribution in [2.45, 2.75) is 49.5 Å². The molecular formula is C22H23FN6O4S. The summed E-state index contributed by atoms with van der Waals surface area (Å²) in [5.41, 5.74) is 5.13. The third kappa shape index (κ3) is 4.42. The number of anilines is 1. The number of carbonyl (C=O) groups is 1. The van der Waals surface area contributed by atoms with Gasteiger partial charge >= 0.3 is 5.69 Å². The van der Waals surface area contributed by atoms with E-state index in [1.807, 2.05) is 4.57 Å². The highest BCUT2D eigenvalue weighted by Crippen LogP contribution is 2.35. The van der Waals surface area contributed by atoms with Gasteiger partial charge < -0.3 is 10.5 Å². The Morgan fingerprint density at radius 2 is 1.97 bits per heavy atom. The fraction of sp³-hybridized carbons (Fsp3) is 0.409. The highest BCUT2D eigenvalue weighted by Gasteiger charge is 2.30. The van der Waals surface area contributed by atoms with Gasteiger partial charge in [-0.3, -0.25) is 23.7 Å². The van der Waals surface area contributed by atoms with E-state index in [9.17, 15) is 18.8 Å². The van der Waals surface area contributed by atoms with E-state index in [1.165, 1.54) is 16.7 Å². The summed E-state index contributed by atoms with van der Waals surface area (Å²) in [6.07, 6.45) is 3.37. The number of rotatable bonds is 8. The second kappa shape index (κ2) is 9.18. The molecule has 0 amide bonds. The molecule has 3 heterocycles. The van der Waals surface area contributed by atoms with Gasteiger partial charge in [0.15, 0.2) is 16.8 Å². The van der Waals surface area contributed by atoms with Crippen LogP contribution in [-0.2, 0) is 11.3 Å². The second-order valence-electron chi connectivity index (χ2n) is 8.39. The summed E-state index contributed by atoms with van der Waals surface area (Å²) in [6.45, 7) is 1.16. The minimum atomic E-state index is -0.794. The molecule has 1 aromatic carbocycles. The summed E-state index contributed by atoms with van der Waals surface area (Å²) in [6, 6.07) is 5.84. The second-order valence-corrected chi connectivity index (χ2v) is 9.33. The lowest BCUT2D eigenvalue weighted by Crippen LogP contribution is -2.36. The maximum absolute atomic E-state index is 13.4. The maximum atomic E-state index is 13.4. The van der Waals surface area contributed by atoms with Gasteiger partial charge in [-0.1, -0.05) is 11.8 Å². The number of nitrogens with zero attached hydrogens (tertiary/aromatic N) is 4. The van der Waals surface area contributed by atoms with Gasteiger partial charge in [0.1, 0.15) is 17.2 Å². The monoisotopic (exact) mass is 486 g/mol. The van der Waals surface area contributed by atoms with Crippen molar-refractivity contribution in [3.63, 3.8) is 0 Å². The Hall–Kier alpha value is -3.25. The van der Waals surface area contributed by atoms with Crippen molar-refractivity contribution in [3.8, 4) is 11.4 Å². The van der Waals surface area contributed by atoms with Crippen molar-refractivity contribution in [2.24, 2.45) is 0 Å². The molecule has 0 radical (unpaired) electrons. The summed E-state index contributed by atoms with van der Waals surface area (Å²) in [7, 11) is 0. The minimum Gasteiger partial charge on any atom is -0.384 e. The van der Waals surface area contributed by atoms with Crippen LogP contribution in [0.5, 0.6) is 0 Å². The third-order valence-electron chi connectivity index (χ3n) is 5.93. The largest absolute Gasteiger partial charge is 0.384 e. The predicted octanol–water partition coefficient (Wildman–Crippen LogP) is 2.01. The third-order valence-corrected chi connectivity index (χ3v) is 6.90. The van der Waals surface area contributed by atoms with Crippen LogP contribution in [0, 0.1) is 5.82 Å². The molecule has 0 spiro atoms. The lowest BCUT2D eigenvalue weighted by Gasteiger charge is -2.15. The zero-order valence-electron chi connectivity index (χ0n) is 18.2. The van der Waals surface area contributed by atoms with Crippen molar-refractivity contribution < 1.29 is 13.9 Å². The fourth-order valence-electron chi connectivity index (χ4n) is 4.10. The van der Waals surface area contributed by atoms with Crippen LogP contribution in [0.4, 0.5) is 10.2 Å². The molecule has 0 unspecified atom stereocenters. The van der Waals surface area contributed by atoms with Crippen LogP contribution in [0.1, 0.15) is 42.1 Å². The van der Waals surface area contributed by atoms with Gasteiger partial charge in [0.2, 0.25) is 0 Å². The van der Waals surface area contributed by atoms with Crippen molar-refractivity contribution in [1.82, 2.24) is 24.3 Å². The quantitative estimate of drug-likeness (QED) is 0.364. The number of benzene rings is 1. The average molecular weight is 487 g/mol. The zero-order valence-corrected chi connectivity index (χ0v) is 19.0. The first-order valence-electron chi connectivity index (χ1n) is 11.0. The van der Waals surface area contributed by atoms with E-state index >= 15 is 0 Å². The topological polar surface area (TPSA) is 138 Å². The molecule has 34 heavy (non-hydrogen) atoms. The van der Waals surface area contributed by atoms with Gasteiger partial charge in [-0.05, 0) is 49.9 Å². The number of nitrogens with one attached hydrogen (secondary N) is 1. The molecule has 3 N–H and O–H groups in total. The molecule has 3 aromatic rings. The Morgan fingerprint density at radius 3 is 2.65 bits per heavy atom. The van der Waals surface area contributed by atoms with Crippen LogP contribution in [0.3, 0.4) is 0 Å². The lowest BCUT2D eigenvalue weighted by atomic mass is 10.2. The van der Waals surface area contributed by atoms with Gasteiger partial charge in [-0.25, -0.2) is 9.18 Å². The van der Waals surface area contributed by atoms with E-state index in [0.717, 1.165) is 37.4 Å². The molecule has 1 aliphatic heterocycles. The number of hydrogen-bond donors (Lipinski definition) is 2. The predicted molar refractivity (Wildman–Crippen MR) is 123 cm³/mol. The van der Waals surface area contributed by atoms with Gasteiger partial charge in [-0.15, -0.1) is 10.2 Å². The number of halogens is 1. The van der Waals surface area contributed by atoms with Crippen LogP contribution in [0.25, 0.3) is 11.4 Å². The molecule has 2 aliphatic rings. The molecule has 2 fully saturated rings. The minimum absolute atomic E-state index is 0.0224. The molecule has 1 atom stereocenters. The number of aromatic nitrogens is 5. The highest BCUT2D eigenvalue weighted by atomic mass is 32.2. The van der Waals surface area contributed by atoms with E-state index < -0.39 is 17.0 Å². The highest BCUT2D eigenvalue weighted by molar-refractivity contribution is 7.99. The zero-order chi connectivity index (χ0) is 23.8. The Morgan fingerprint density at radius 1 is 1.21 bits per heavy atom. The van der Waals surface area contributed by atoms with Gasteiger partial charge in [0, 0.05) is 18.2 Å². The number of Topliss-reactive ketones (excluding diaryl/α,β-unsaturated/α-hetero) is 1. The molecule has 0 bridgehead atoms. The Kier molecular flexibility index (Phi) is 6.09. The van der Waals surface area contributed by atoms with E-state index in [0.29, 0.717) is 29.7 Å². The molecular weight excluding hydrogens is 463 g/mol. The number of nitrogen functional groups attached to an aromatic ring is 1. The van der Waals surface area contributed by atoms with Crippen LogP contribution in [0.2, 0.25) is 0 Å². The van der Waals surface area contributed by atoms with Crippen LogP contribution < -0.4 is 17.0 Å². The first-order valence-corrected chi connectivity index (χ1v) is 12.0. The number of carbonyl (C=O) groups excluding carboxylic acids is 1. The van der Waals surface area contributed by atoms with Crippen LogP contribution in [0.15, 0.2) is 39.0 Å². The molecule has 1 aliphatic carbocycles. The first kappa shape index (κ1) is 22.5. The molecule has 178 valence electrons. The number of hydrogen-bond acceptors (Lipinski definition) is 8. The lowest BCUT2D eigenvalue weighted by molar-refractivity contribution is 0.0953. The summed E-state index contributed by atoms with van der Waals surface area (Å²) in [5.74, 6) is -0.555. The molecule has 1 saturated carbocycles. The smallest absolute Gasteiger partial charge is 0.330 e. The summed E-state index contributed by atoms with van der Waals surface area (Å²) in [4.78, 5) is 39.7.